The summed E-state index contributed by atoms with van der Waals surface area (Å²) in [5.74, 6) is -0.328. The van der Waals surface area contributed by atoms with Gasteiger partial charge in [0.15, 0.2) is 0 Å². The molecule has 1 amide bonds. The molecule has 0 radical (unpaired) electrons. The third kappa shape index (κ3) is 4.88. The lowest BCUT2D eigenvalue weighted by Gasteiger charge is -2.17. The summed E-state index contributed by atoms with van der Waals surface area (Å²) in [6.45, 7) is 1.79. The molecule has 1 aromatic rings. The number of carbonyl (C=O) groups excluding carboxylic acids is 1. The van der Waals surface area contributed by atoms with Gasteiger partial charge in [-0.2, -0.15) is 14.0 Å². The van der Waals surface area contributed by atoms with Gasteiger partial charge >= 0.3 is 6.61 Å². The fourth-order valence-electron chi connectivity index (χ4n) is 1.74. The van der Waals surface area contributed by atoms with Crippen molar-refractivity contribution in [1.29, 1.82) is 5.26 Å². The first kappa shape index (κ1) is 16.6. The minimum atomic E-state index is -2.88. The summed E-state index contributed by atoms with van der Waals surface area (Å²) in [5.41, 5.74) is 0.565. The molecule has 1 aromatic carbocycles. The maximum absolute atomic E-state index is 12.1. The van der Waals surface area contributed by atoms with Crippen LogP contribution in [0.3, 0.4) is 0 Å². The highest BCUT2D eigenvalue weighted by atomic mass is 19.3. The standard InChI is InChI=1S/C15H16F2N2O2/c1-3-19(4-2)14(20)12(10-18)9-11-5-7-13(8-6-11)21-15(16)17/h5-9,15H,3-4H2,1-2H3/b12-9-. The molecule has 0 heterocycles. The van der Waals surface area contributed by atoms with Gasteiger partial charge in [0.25, 0.3) is 5.91 Å². The largest absolute Gasteiger partial charge is 0.435 e. The molecule has 0 bridgehead atoms. The second kappa shape index (κ2) is 8.00. The lowest BCUT2D eigenvalue weighted by molar-refractivity contribution is -0.126. The van der Waals surface area contributed by atoms with Gasteiger partial charge in [-0.15, -0.1) is 0 Å². The predicted molar refractivity (Wildman–Crippen MR) is 74.6 cm³/mol. The van der Waals surface area contributed by atoms with Crippen LogP contribution in [-0.4, -0.2) is 30.5 Å². The average molecular weight is 294 g/mol. The summed E-state index contributed by atoms with van der Waals surface area (Å²) in [4.78, 5) is 13.6. The molecular formula is C15H16F2N2O2. The van der Waals surface area contributed by atoms with Crippen molar-refractivity contribution in [3.8, 4) is 11.8 Å². The molecule has 0 aliphatic rings. The first-order valence-corrected chi connectivity index (χ1v) is 6.47. The maximum atomic E-state index is 12.1. The van der Waals surface area contributed by atoms with Crippen LogP contribution in [0.4, 0.5) is 8.78 Å². The van der Waals surface area contributed by atoms with Crippen molar-refractivity contribution >= 4 is 12.0 Å². The summed E-state index contributed by atoms with van der Waals surface area (Å²) in [5, 5.41) is 9.08. The molecule has 0 unspecified atom stereocenters. The highest BCUT2D eigenvalue weighted by molar-refractivity contribution is 6.01. The maximum Gasteiger partial charge on any atom is 0.387 e. The third-order valence-corrected chi connectivity index (χ3v) is 2.82. The van der Waals surface area contributed by atoms with E-state index in [2.05, 4.69) is 4.74 Å². The molecule has 6 heteroatoms. The SMILES string of the molecule is CCN(CC)C(=O)/C(C#N)=C\c1ccc(OC(F)F)cc1. The van der Waals surface area contributed by atoms with E-state index in [1.165, 1.54) is 35.2 Å². The Morgan fingerprint density at radius 2 is 1.90 bits per heavy atom. The molecule has 0 fully saturated rings. The molecule has 21 heavy (non-hydrogen) atoms. The van der Waals surface area contributed by atoms with Crippen molar-refractivity contribution in [2.45, 2.75) is 20.5 Å². The first-order chi connectivity index (χ1) is 10.0. The molecule has 4 nitrogen and oxygen atoms in total. The second-order valence-corrected chi connectivity index (χ2v) is 4.09. The Hall–Kier alpha value is -2.42. The van der Waals surface area contributed by atoms with Gasteiger partial charge in [-0.25, -0.2) is 0 Å². The van der Waals surface area contributed by atoms with Crippen LogP contribution in [0, 0.1) is 11.3 Å². The first-order valence-electron chi connectivity index (χ1n) is 6.47. The summed E-state index contributed by atoms with van der Waals surface area (Å²) >= 11 is 0. The van der Waals surface area contributed by atoms with Crippen molar-refractivity contribution in [2.24, 2.45) is 0 Å². The Labute approximate surface area is 122 Å². The molecule has 0 aliphatic carbocycles. The van der Waals surface area contributed by atoms with Crippen LogP contribution in [0.25, 0.3) is 6.08 Å². The van der Waals surface area contributed by atoms with E-state index in [1.807, 2.05) is 19.9 Å². The number of hydrogen-bond donors (Lipinski definition) is 0. The van der Waals surface area contributed by atoms with Crippen LogP contribution < -0.4 is 4.74 Å². The molecule has 0 spiro atoms. The molecule has 0 aliphatic heterocycles. The van der Waals surface area contributed by atoms with E-state index < -0.39 is 6.61 Å². The Morgan fingerprint density at radius 3 is 2.33 bits per heavy atom. The van der Waals surface area contributed by atoms with Gasteiger partial charge in [-0.05, 0) is 37.6 Å². The Bertz CT molecular complexity index is 544. The zero-order chi connectivity index (χ0) is 15.8. The van der Waals surface area contributed by atoms with Crippen molar-refractivity contribution < 1.29 is 18.3 Å². The lowest BCUT2D eigenvalue weighted by atomic mass is 10.1. The number of nitrogens with zero attached hydrogens (tertiary/aromatic N) is 2. The van der Waals surface area contributed by atoms with Crippen LogP contribution in [-0.2, 0) is 4.79 Å². The van der Waals surface area contributed by atoms with Gasteiger partial charge < -0.3 is 9.64 Å². The number of benzene rings is 1. The number of ether oxygens (including phenoxy) is 1. The van der Waals surface area contributed by atoms with Crippen LogP contribution in [0.2, 0.25) is 0 Å². The fourth-order valence-corrected chi connectivity index (χ4v) is 1.74. The van der Waals surface area contributed by atoms with E-state index in [4.69, 9.17) is 5.26 Å². The Morgan fingerprint density at radius 1 is 1.33 bits per heavy atom. The van der Waals surface area contributed by atoms with Gasteiger partial charge in [0, 0.05) is 13.1 Å². The molecule has 0 saturated heterocycles. The summed E-state index contributed by atoms with van der Waals surface area (Å²) in [6, 6.07) is 7.59. The number of carbonyl (C=O) groups is 1. The number of alkyl halides is 2. The van der Waals surface area contributed by atoms with Crippen molar-refractivity contribution in [3.05, 3.63) is 35.4 Å². The molecular weight excluding hydrogens is 278 g/mol. The fraction of sp³-hybridized carbons (Fsp3) is 0.333. The zero-order valence-electron chi connectivity index (χ0n) is 11.8. The minimum Gasteiger partial charge on any atom is -0.435 e. The van der Waals surface area contributed by atoms with E-state index in [9.17, 15) is 13.6 Å². The second-order valence-electron chi connectivity index (χ2n) is 4.09. The highest BCUT2D eigenvalue weighted by Crippen LogP contribution is 2.17. The number of likely N-dealkylation sites (N-methyl/N-ethyl adjacent to an activating group) is 1. The van der Waals surface area contributed by atoms with Crippen molar-refractivity contribution in [3.63, 3.8) is 0 Å². The van der Waals surface area contributed by atoms with E-state index in [0.29, 0.717) is 18.7 Å². The summed E-state index contributed by atoms with van der Waals surface area (Å²) < 4.78 is 28.3. The predicted octanol–water partition coefficient (Wildman–Crippen LogP) is 3.06. The van der Waals surface area contributed by atoms with E-state index in [-0.39, 0.29) is 17.2 Å². The number of nitriles is 1. The highest BCUT2D eigenvalue weighted by Gasteiger charge is 2.15. The Kier molecular flexibility index (Phi) is 6.34. The average Bonchev–Trinajstić information content (AvgIpc) is 2.47. The monoisotopic (exact) mass is 294 g/mol. The van der Waals surface area contributed by atoms with Crippen LogP contribution in [0.15, 0.2) is 29.8 Å². The van der Waals surface area contributed by atoms with Crippen LogP contribution in [0.5, 0.6) is 5.75 Å². The molecule has 0 saturated carbocycles. The number of hydrogen-bond acceptors (Lipinski definition) is 3. The van der Waals surface area contributed by atoms with E-state index >= 15 is 0 Å². The van der Waals surface area contributed by atoms with Gasteiger partial charge in [-0.3, -0.25) is 4.79 Å². The third-order valence-electron chi connectivity index (χ3n) is 2.82. The lowest BCUT2D eigenvalue weighted by Crippen LogP contribution is -2.31. The van der Waals surface area contributed by atoms with Gasteiger partial charge in [-0.1, -0.05) is 12.1 Å². The Balaban J connectivity index is 2.93. The van der Waals surface area contributed by atoms with Crippen LogP contribution in [0.1, 0.15) is 19.4 Å². The number of amides is 1. The smallest absolute Gasteiger partial charge is 0.387 e. The van der Waals surface area contributed by atoms with Gasteiger partial charge in [0.2, 0.25) is 0 Å². The van der Waals surface area contributed by atoms with Crippen LogP contribution >= 0.6 is 0 Å². The molecule has 0 aromatic heterocycles. The zero-order valence-corrected chi connectivity index (χ0v) is 11.8. The molecule has 1 rings (SSSR count). The number of rotatable bonds is 6. The van der Waals surface area contributed by atoms with Crippen molar-refractivity contribution in [2.75, 3.05) is 13.1 Å². The van der Waals surface area contributed by atoms with E-state index in [0.717, 1.165) is 0 Å². The van der Waals surface area contributed by atoms with Crippen molar-refractivity contribution in [1.82, 2.24) is 4.90 Å². The van der Waals surface area contributed by atoms with E-state index in [1.54, 1.807) is 0 Å². The van der Waals surface area contributed by atoms with Gasteiger partial charge in [0.1, 0.15) is 17.4 Å². The normalized spacial score (nSPS) is 11.1. The molecule has 0 atom stereocenters. The van der Waals surface area contributed by atoms with Gasteiger partial charge in [0.05, 0.1) is 0 Å². The minimum absolute atomic E-state index is 0.00114. The number of halogens is 2. The quantitative estimate of drug-likeness (QED) is 0.598. The topological polar surface area (TPSA) is 53.3 Å². The summed E-state index contributed by atoms with van der Waals surface area (Å²) in [6.07, 6.45) is 1.42. The molecule has 112 valence electrons. The summed E-state index contributed by atoms with van der Waals surface area (Å²) in [7, 11) is 0. The molecule has 0 N–H and O–H groups in total.